The van der Waals surface area contributed by atoms with Gasteiger partial charge in [0.1, 0.15) is 5.69 Å². The highest BCUT2D eigenvalue weighted by Gasteiger charge is 2.13. The molecule has 112 valence electrons. The predicted molar refractivity (Wildman–Crippen MR) is 83.8 cm³/mol. The fourth-order valence-corrected chi connectivity index (χ4v) is 2.20. The molecule has 0 aliphatic heterocycles. The molecule has 1 aromatic heterocycles. The third-order valence-electron chi connectivity index (χ3n) is 3.34. The van der Waals surface area contributed by atoms with Crippen molar-refractivity contribution in [3.63, 3.8) is 0 Å². The van der Waals surface area contributed by atoms with Gasteiger partial charge in [-0.1, -0.05) is 12.1 Å². The van der Waals surface area contributed by atoms with Crippen LogP contribution in [0.15, 0.2) is 36.5 Å². The summed E-state index contributed by atoms with van der Waals surface area (Å²) in [6.45, 7) is 1.15. The van der Waals surface area contributed by atoms with Crippen molar-refractivity contribution in [3.8, 4) is 11.5 Å². The topological polar surface area (TPSA) is 60.6 Å². The molecule has 0 bridgehead atoms. The van der Waals surface area contributed by atoms with Crippen LogP contribution in [0.2, 0.25) is 0 Å². The first kappa shape index (κ1) is 15.1. The lowest BCUT2D eigenvalue weighted by atomic mass is 10.2. The highest BCUT2D eigenvalue weighted by atomic mass is 16.5. The molecule has 0 spiro atoms. The lowest BCUT2D eigenvalue weighted by Gasteiger charge is -2.21. The molecule has 1 aromatic carbocycles. The molecule has 0 aliphatic carbocycles. The number of pyridine rings is 1. The van der Waals surface area contributed by atoms with E-state index in [0.717, 1.165) is 16.9 Å². The van der Waals surface area contributed by atoms with Gasteiger partial charge in [-0.15, -0.1) is 0 Å². The van der Waals surface area contributed by atoms with Crippen LogP contribution in [0.3, 0.4) is 0 Å². The molecular weight excluding hydrogens is 266 g/mol. The summed E-state index contributed by atoms with van der Waals surface area (Å²) in [7, 11) is 5.25. The van der Waals surface area contributed by atoms with Gasteiger partial charge < -0.3 is 20.1 Å². The van der Waals surface area contributed by atoms with Crippen molar-refractivity contribution in [2.75, 3.05) is 26.2 Å². The fourth-order valence-electron chi connectivity index (χ4n) is 2.20. The third-order valence-corrected chi connectivity index (χ3v) is 3.34. The van der Waals surface area contributed by atoms with Crippen molar-refractivity contribution < 1.29 is 9.47 Å². The molecule has 0 saturated heterocycles. The monoisotopic (exact) mass is 287 g/mol. The highest BCUT2D eigenvalue weighted by Crippen LogP contribution is 2.30. The molecule has 0 fully saturated rings. The zero-order valence-corrected chi connectivity index (χ0v) is 12.7. The molecule has 1 heterocycles. The third kappa shape index (κ3) is 3.44. The maximum absolute atomic E-state index is 5.69. The van der Waals surface area contributed by atoms with Crippen molar-refractivity contribution in [2.24, 2.45) is 5.73 Å². The van der Waals surface area contributed by atoms with Gasteiger partial charge in [-0.2, -0.15) is 0 Å². The number of methoxy groups -OCH3 is 2. The summed E-state index contributed by atoms with van der Waals surface area (Å²) < 4.78 is 10.7. The zero-order valence-electron chi connectivity index (χ0n) is 12.7. The molecule has 0 unspecified atom stereocenters. The number of nitrogens with zero attached hydrogens (tertiary/aromatic N) is 2. The van der Waals surface area contributed by atoms with Crippen molar-refractivity contribution in [1.29, 1.82) is 0 Å². The van der Waals surface area contributed by atoms with Crippen LogP contribution in [-0.2, 0) is 13.1 Å². The van der Waals surface area contributed by atoms with Crippen LogP contribution in [-0.4, -0.2) is 26.3 Å². The van der Waals surface area contributed by atoms with Crippen LogP contribution in [0.25, 0.3) is 0 Å². The molecule has 0 radical (unpaired) electrons. The van der Waals surface area contributed by atoms with E-state index in [1.54, 1.807) is 26.5 Å². The van der Waals surface area contributed by atoms with Crippen LogP contribution in [0, 0.1) is 0 Å². The lowest BCUT2D eigenvalue weighted by Crippen LogP contribution is -2.18. The van der Waals surface area contributed by atoms with Gasteiger partial charge in [-0.05, 0) is 17.7 Å². The van der Waals surface area contributed by atoms with Crippen LogP contribution < -0.4 is 20.1 Å². The molecule has 0 aliphatic rings. The second kappa shape index (κ2) is 6.95. The Labute approximate surface area is 125 Å². The van der Waals surface area contributed by atoms with Gasteiger partial charge >= 0.3 is 0 Å². The summed E-state index contributed by atoms with van der Waals surface area (Å²) >= 11 is 0. The number of hydrogen-bond donors (Lipinski definition) is 1. The van der Waals surface area contributed by atoms with Crippen LogP contribution in [0.4, 0.5) is 5.69 Å². The molecule has 0 saturated carbocycles. The van der Waals surface area contributed by atoms with Crippen molar-refractivity contribution in [3.05, 3.63) is 47.8 Å². The maximum atomic E-state index is 5.69. The number of aromatic nitrogens is 1. The van der Waals surface area contributed by atoms with Crippen molar-refractivity contribution in [2.45, 2.75) is 13.1 Å². The van der Waals surface area contributed by atoms with Crippen molar-refractivity contribution >= 4 is 5.69 Å². The fraction of sp³-hybridized carbons (Fsp3) is 0.312. The van der Waals surface area contributed by atoms with Gasteiger partial charge in [0.05, 0.1) is 20.8 Å². The number of hydrogen-bond acceptors (Lipinski definition) is 5. The van der Waals surface area contributed by atoms with Gasteiger partial charge in [0, 0.05) is 31.5 Å². The first-order valence-electron chi connectivity index (χ1n) is 6.75. The minimum atomic E-state index is 0.530. The summed E-state index contributed by atoms with van der Waals surface area (Å²) in [5.41, 5.74) is 8.71. The molecule has 21 heavy (non-hydrogen) atoms. The summed E-state index contributed by atoms with van der Waals surface area (Å²) in [6, 6.07) is 9.93. The van der Waals surface area contributed by atoms with E-state index in [2.05, 4.69) is 16.0 Å². The second-order valence-electron chi connectivity index (χ2n) is 4.72. The highest BCUT2D eigenvalue weighted by molar-refractivity contribution is 5.50. The lowest BCUT2D eigenvalue weighted by molar-refractivity contribution is 0.349. The molecule has 2 aromatic rings. The van der Waals surface area contributed by atoms with Gasteiger partial charge in [0.2, 0.25) is 0 Å². The molecule has 2 N–H and O–H groups in total. The number of rotatable bonds is 6. The molecule has 0 amide bonds. The van der Waals surface area contributed by atoms with E-state index >= 15 is 0 Å². The number of anilines is 1. The standard InChI is InChI=1S/C16H21N3O2/c1-19(13-6-4-5-12(9-13)10-17)11-14-16(21-3)15(20-2)7-8-18-14/h4-9H,10-11,17H2,1-3H3. The van der Waals surface area contributed by atoms with E-state index in [1.165, 1.54) is 0 Å². The Morgan fingerprint density at radius 1 is 1.19 bits per heavy atom. The molecule has 5 heteroatoms. The average molecular weight is 287 g/mol. The number of benzene rings is 1. The summed E-state index contributed by atoms with van der Waals surface area (Å²) in [6.07, 6.45) is 1.72. The largest absolute Gasteiger partial charge is 0.493 e. The predicted octanol–water partition coefficient (Wildman–Crippen LogP) is 2.19. The van der Waals surface area contributed by atoms with E-state index in [1.807, 2.05) is 25.2 Å². The Morgan fingerprint density at radius 3 is 2.67 bits per heavy atom. The number of nitrogens with two attached hydrogens (primary N) is 1. The van der Waals surface area contributed by atoms with Crippen LogP contribution in [0.5, 0.6) is 11.5 Å². The Bertz CT molecular complexity index is 602. The molecule has 5 nitrogen and oxygen atoms in total. The normalized spacial score (nSPS) is 10.3. The van der Waals surface area contributed by atoms with Gasteiger partial charge in [-0.3, -0.25) is 4.98 Å². The van der Waals surface area contributed by atoms with Gasteiger partial charge in [-0.25, -0.2) is 0 Å². The maximum Gasteiger partial charge on any atom is 0.184 e. The van der Waals surface area contributed by atoms with E-state index in [0.29, 0.717) is 24.6 Å². The SMILES string of the molecule is COc1ccnc(CN(C)c2cccc(CN)c2)c1OC. The van der Waals surface area contributed by atoms with Crippen LogP contribution >= 0.6 is 0 Å². The Hall–Kier alpha value is -2.27. The molecule has 0 atom stereocenters. The number of ether oxygens (including phenoxy) is 2. The average Bonchev–Trinajstić information content (AvgIpc) is 2.54. The van der Waals surface area contributed by atoms with Gasteiger partial charge in [0.15, 0.2) is 11.5 Å². The first-order chi connectivity index (χ1) is 10.2. The van der Waals surface area contributed by atoms with E-state index in [-0.39, 0.29) is 0 Å². The first-order valence-corrected chi connectivity index (χ1v) is 6.75. The quantitative estimate of drug-likeness (QED) is 0.882. The summed E-state index contributed by atoms with van der Waals surface area (Å²) in [4.78, 5) is 6.50. The Balaban J connectivity index is 2.24. The zero-order chi connectivity index (χ0) is 15.2. The molecule has 2 rings (SSSR count). The molecular formula is C16H21N3O2. The van der Waals surface area contributed by atoms with Gasteiger partial charge in [0.25, 0.3) is 0 Å². The van der Waals surface area contributed by atoms with Crippen LogP contribution in [0.1, 0.15) is 11.3 Å². The second-order valence-corrected chi connectivity index (χ2v) is 4.72. The van der Waals surface area contributed by atoms with E-state index < -0.39 is 0 Å². The van der Waals surface area contributed by atoms with E-state index in [9.17, 15) is 0 Å². The minimum Gasteiger partial charge on any atom is -0.493 e. The smallest absolute Gasteiger partial charge is 0.184 e. The summed E-state index contributed by atoms with van der Waals surface area (Å²) in [5.74, 6) is 1.36. The Morgan fingerprint density at radius 2 is 2.00 bits per heavy atom. The van der Waals surface area contributed by atoms with Crippen molar-refractivity contribution in [1.82, 2.24) is 4.98 Å². The minimum absolute atomic E-state index is 0.530. The Kier molecular flexibility index (Phi) is 5.00. The van der Waals surface area contributed by atoms with E-state index in [4.69, 9.17) is 15.2 Å². The summed E-state index contributed by atoms with van der Waals surface area (Å²) in [5, 5.41) is 0.